The SMILES string of the molecule is Cc1ccc2onc(CC(=O)N3CCc4noc(-c5ccc(Cl)cc5)c4C3)c2c1. The van der Waals surface area contributed by atoms with Crippen LogP contribution in [0.2, 0.25) is 5.02 Å². The van der Waals surface area contributed by atoms with Gasteiger partial charge in [0.05, 0.1) is 18.7 Å². The molecule has 5 rings (SSSR count). The average molecular weight is 408 g/mol. The second kappa shape index (κ2) is 7.04. The van der Waals surface area contributed by atoms with Crippen LogP contribution >= 0.6 is 11.6 Å². The number of hydrogen-bond acceptors (Lipinski definition) is 5. The minimum Gasteiger partial charge on any atom is -0.356 e. The molecule has 146 valence electrons. The lowest BCUT2D eigenvalue weighted by atomic mass is 10.0. The van der Waals surface area contributed by atoms with Gasteiger partial charge in [-0.3, -0.25) is 4.79 Å². The van der Waals surface area contributed by atoms with Crippen molar-refractivity contribution in [2.24, 2.45) is 0 Å². The normalized spacial score (nSPS) is 13.7. The van der Waals surface area contributed by atoms with Crippen molar-refractivity contribution in [3.63, 3.8) is 0 Å². The number of nitrogens with zero attached hydrogens (tertiary/aromatic N) is 3. The van der Waals surface area contributed by atoms with Crippen LogP contribution < -0.4 is 0 Å². The molecule has 3 heterocycles. The fourth-order valence-corrected chi connectivity index (χ4v) is 3.86. The second-order valence-corrected chi connectivity index (χ2v) is 7.75. The average Bonchev–Trinajstić information content (AvgIpc) is 3.32. The van der Waals surface area contributed by atoms with Crippen molar-refractivity contribution in [3.05, 3.63) is 70.0 Å². The van der Waals surface area contributed by atoms with Gasteiger partial charge < -0.3 is 13.9 Å². The van der Waals surface area contributed by atoms with Gasteiger partial charge in [-0.2, -0.15) is 0 Å². The molecule has 0 unspecified atom stereocenters. The predicted octanol–water partition coefficient (Wildman–Crippen LogP) is 4.57. The number of aromatic nitrogens is 2. The van der Waals surface area contributed by atoms with E-state index in [1.807, 2.05) is 54.3 Å². The first-order chi connectivity index (χ1) is 14.1. The van der Waals surface area contributed by atoms with Gasteiger partial charge in [-0.15, -0.1) is 0 Å². The van der Waals surface area contributed by atoms with E-state index in [4.69, 9.17) is 20.6 Å². The summed E-state index contributed by atoms with van der Waals surface area (Å²) in [7, 11) is 0. The number of benzene rings is 2. The lowest BCUT2D eigenvalue weighted by Gasteiger charge is -2.26. The molecule has 1 amide bonds. The molecule has 0 radical (unpaired) electrons. The summed E-state index contributed by atoms with van der Waals surface area (Å²) in [5.74, 6) is 0.701. The largest absolute Gasteiger partial charge is 0.356 e. The summed E-state index contributed by atoms with van der Waals surface area (Å²) in [5.41, 5.74) is 5.23. The summed E-state index contributed by atoms with van der Waals surface area (Å²) in [5, 5.41) is 9.87. The Hall–Kier alpha value is -3.12. The molecule has 0 saturated carbocycles. The van der Waals surface area contributed by atoms with E-state index in [9.17, 15) is 4.79 Å². The van der Waals surface area contributed by atoms with Crippen LogP contribution in [0.15, 0.2) is 51.5 Å². The molecule has 6 nitrogen and oxygen atoms in total. The molecule has 4 aromatic rings. The number of halogens is 1. The Kier molecular flexibility index (Phi) is 4.36. The standard InChI is InChI=1S/C22H18ClN3O3/c1-13-2-7-20-16(10-13)19(25-28-20)11-21(27)26-9-8-18-17(12-26)22(29-24-18)14-3-5-15(23)6-4-14/h2-7,10H,8-9,11-12H2,1H3. The van der Waals surface area contributed by atoms with Crippen molar-refractivity contribution in [2.75, 3.05) is 6.54 Å². The third kappa shape index (κ3) is 3.29. The van der Waals surface area contributed by atoms with Crippen molar-refractivity contribution in [3.8, 4) is 11.3 Å². The molecule has 0 aliphatic carbocycles. The number of rotatable bonds is 3. The van der Waals surface area contributed by atoms with Crippen LogP contribution in [-0.2, 0) is 24.2 Å². The van der Waals surface area contributed by atoms with Gasteiger partial charge in [0, 0.05) is 34.5 Å². The topological polar surface area (TPSA) is 72.4 Å². The highest BCUT2D eigenvalue weighted by molar-refractivity contribution is 6.30. The van der Waals surface area contributed by atoms with Crippen molar-refractivity contribution >= 4 is 28.5 Å². The van der Waals surface area contributed by atoms with Crippen molar-refractivity contribution < 1.29 is 13.8 Å². The molecule has 2 aromatic carbocycles. The van der Waals surface area contributed by atoms with Crippen molar-refractivity contribution in [2.45, 2.75) is 26.3 Å². The minimum absolute atomic E-state index is 0.00983. The van der Waals surface area contributed by atoms with Crippen LogP contribution in [0, 0.1) is 6.92 Å². The van der Waals surface area contributed by atoms with Crippen LogP contribution in [0.25, 0.3) is 22.3 Å². The third-order valence-electron chi connectivity index (χ3n) is 5.31. The molecular formula is C22H18ClN3O3. The number of aryl methyl sites for hydroxylation is 1. The van der Waals surface area contributed by atoms with Crippen LogP contribution in [0.1, 0.15) is 22.5 Å². The highest BCUT2D eigenvalue weighted by Gasteiger charge is 2.28. The van der Waals surface area contributed by atoms with Crippen LogP contribution in [0.3, 0.4) is 0 Å². The second-order valence-electron chi connectivity index (χ2n) is 7.31. The molecule has 0 spiro atoms. The van der Waals surface area contributed by atoms with Gasteiger partial charge in [-0.25, -0.2) is 0 Å². The van der Waals surface area contributed by atoms with E-state index in [-0.39, 0.29) is 12.3 Å². The molecule has 2 aromatic heterocycles. The van der Waals surface area contributed by atoms with Crippen molar-refractivity contribution in [1.29, 1.82) is 0 Å². The lowest BCUT2D eigenvalue weighted by molar-refractivity contribution is -0.131. The maximum atomic E-state index is 13.0. The number of fused-ring (bicyclic) bond motifs is 2. The maximum Gasteiger partial charge on any atom is 0.229 e. The van der Waals surface area contributed by atoms with E-state index in [1.54, 1.807) is 0 Å². The molecule has 0 N–H and O–H groups in total. The summed E-state index contributed by atoms with van der Waals surface area (Å²) >= 11 is 5.99. The van der Waals surface area contributed by atoms with Crippen molar-refractivity contribution in [1.82, 2.24) is 15.2 Å². The van der Waals surface area contributed by atoms with Gasteiger partial charge in [-0.05, 0) is 43.3 Å². The molecule has 29 heavy (non-hydrogen) atoms. The van der Waals surface area contributed by atoms with Gasteiger partial charge in [0.25, 0.3) is 0 Å². The van der Waals surface area contributed by atoms with Gasteiger partial charge in [-0.1, -0.05) is 33.5 Å². The third-order valence-corrected chi connectivity index (χ3v) is 5.57. The van der Waals surface area contributed by atoms with E-state index in [1.165, 1.54) is 0 Å². The summed E-state index contributed by atoms with van der Waals surface area (Å²) in [6.45, 7) is 3.08. The predicted molar refractivity (Wildman–Crippen MR) is 109 cm³/mol. The Labute approximate surface area is 172 Å². The quantitative estimate of drug-likeness (QED) is 0.497. The molecule has 0 saturated heterocycles. The van der Waals surface area contributed by atoms with E-state index in [0.29, 0.717) is 41.6 Å². The minimum atomic E-state index is 0.00983. The fraction of sp³-hybridized carbons (Fsp3) is 0.227. The highest BCUT2D eigenvalue weighted by atomic mass is 35.5. The Morgan fingerprint density at radius 1 is 1.14 bits per heavy atom. The van der Waals surface area contributed by atoms with Crippen LogP contribution in [0.5, 0.6) is 0 Å². The van der Waals surface area contributed by atoms with Crippen LogP contribution in [-0.4, -0.2) is 27.7 Å². The van der Waals surface area contributed by atoms with Gasteiger partial charge >= 0.3 is 0 Å². The van der Waals surface area contributed by atoms with Gasteiger partial charge in [0.1, 0.15) is 5.69 Å². The number of amides is 1. The number of hydrogen-bond donors (Lipinski definition) is 0. The first-order valence-corrected chi connectivity index (χ1v) is 9.82. The fourth-order valence-electron chi connectivity index (χ4n) is 3.74. The van der Waals surface area contributed by atoms with Gasteiger partial charge in [0.15, 0.2) is 11.3 Å². The first-order valence-electron chi connectivity index (χ1n) is 9.44. The van der Waals surface area contributed by atoms with E-state index in [0.717, 1.165) is 27.8 Å². The molecule has 0 bridgehead atoms. The molecular weight excluding hydrogens is 390 g/mol. The Balaban J connectivity index is 1.39. The molecule has 0 fully saturated rings. The molecule has 0 atom stereocenters. The summed E-state index contributed by atoms with van der Waals surface area (Å²) in [4.78, 5) is 14.8. The van der Waals surface area contributed by atoms with E-state index >= 15 is 0 Å². The Morgan fingerprint density at radius 2 is 1.97 bits per heavy atom. The first kappa shape index (κ1) is 17.9. The summed E-state index contributed by atoms with van der Waals surface area (Å²) in [6.07, 6.45) is 0.865. The zero-order valence-corrected chi connectivity index (χ0v) is 16.6. The molecule has 7 heteroatoms. The lowest BCUT2D eigenvalue weighted by Crippen LogP contribution is -2.37. The molecule has 1 aliphatic heterocycles. The summed E-state index contributed by atoms with van der Waals surface area (Å²) in [6, 6.07) is 13.3. The van der Waals surface area contributed by atoms with Gasteiger partial charge in [0.2, 0.25) is 5.91 Å². The van der Waals surface area contributed by atoms with E-state index in [2.05, 4.69) is 10.3 Å². The molecule has 1 aliphatic rings. The highest BCUT2D eigenvalue weighted by Crippen LogP contribution is 2.31. The maximum absolute atomic E-state index is 13.0. The zero-order valence-electron chi connectivity index (χ0n) is 15.8. The number of carbonyl (C=O) groups excluding carboxylic acids is 1. The zero-order chi connectivity index (χ0) is 20.0. The smallest absolute Gasteiger partial charge is 0.229 e. The monoisotopic (exact) mass is 407 g/mol. The van der Waals surface area contributed by atoms with Crippen LogP contribution in [0.4, 0.5) is 0 Å². The summed E-state index contributed by atoms with van der Waals surface area (Å²) < 4.78 is 11.0. The number of carbonyl (C=O) groups is 1. The van der Waals surface area contributed by atoms with E-state index < -0.39 is 0 Å². The Morgan fingerprint density at radius 3 is 2.79 bits per heavy atom. The Bertz CT molecular complexity index is 1210.